The molecule has 1 aromatic heterocycles. The van der Waals surface area contributed by atoms with E-state index in [-0.39, 0.29) is 18.4 Å². The molecule has 1 N–H and O–H groups in total. The predicted molar refractivity (Wildman–Crippen MR) is 106 cm³/mol. The number of thiophene rings is 1. The van der Waals surface area contributed by atoms with Gasteiger partial charge < -0.3 is 19.7 Å². The third-order valence-corrected chi connectivity index (χ3v) is 4.91. The monoisotopic (exact) mass is 390 g/mol. The fourth-order valence-electron chi connectivity index (χ4n) is 2.38. The standard InChI is InChI=1S/C20H26N2O4S/c1-22(2)20(24)14-26-17-10-9-15(12-18(17)25-3)13-21-19(23)8-4-6-16-7-5-11-27-16/h5,7,9-12H,4,6,8,13-14H2,1-3H3,(H,21,23). The lowest BCUT2D eigenvalue weighted by Crippen LogP contribution is -2.27. The van der Waals surface area contributed by atoms with Crippen molar-refractivity contribution in [1.82, 2.24) is 10.2 Å². The first-order valence-corrected chi connectivity index (χ1v) is 9.66. The van der Waals surface area contributed by atoms with Gasteiger partial charge in [-0.1, -0.05) is 12.1 Å². The van der Waals surface area contributed by atoms with Crippen LogP contribution in [-0.4, -0.2) is 44.5 Å². The van der Waals surface area contributed by atoms with E-state index in [9.17, 15) is 9.59 Å². The Labute approximate surface area is 164 Å². The van der Waals surface area contributed by atoms with E-state index >= 15 is 0 Å². The Balaban J connectivity index is 1.80. The van der Waals surface area contributed by atoms with Crippen LogP contribution in [0.15, 0.2) is 35.7 Å². The van der Waals surface area contributed by atoms with E-state index in [0.717, 1.165) is 18.4 Å². The van der Waals surface area contributed by atoms with Gasteiger partial charge in [-0.15, -0.1) is 11.3 Å². The van der Waals surface area contributed by atoms with Gasteiger partial charge in [0, 0.05) is 31.9 Å². The molecule has 0 bridgehead atoms. The van der Waals surface area contributed by atoms with Crippen molar-refractivity contribution in [2.45, 2.75) is 25.8 Å². The maximum atomic E-state index is 12.0. The summed E-state index contributed by atoms with van der Waals surface area (Å²) in [4.78, 5) is 26.4. The summed E-state index contributed by atoms with van der Waals surface area (Å²) in [5.74, 6) is 0.933. The molecule has 0 saturated carbocycles. The summed E-state index contributed by atoms with van der Waals surface area (Å²) in [6.45, 7) is 0.370. The van der Waals surface area contributed by atoms with Gasteiger partial charge >= 0.3 is 0 Å². The van der Waals surface area contributed by atoms with Crippen LogP contribution >= 0.6 is 11.3 Å². The molecule has 2 amide bonds. The van der Waals surface area contributed by atoms with Crippen LogP contribution in [0, 0.1) is 0 Å². The highest BCUT2D eigenvalue weighted by molar-refractivity contribution is 7.09. The van der Waals surface area contributed by atoms with E-state index < -0.39 is 0 Å². The Morgan fingerprint density at radius 3 is 2.67 bits per heavy atom. The van der Waals surface area contributed by atoms with E-state index in [1.54, 1.807) is 44.7 Å². The van der Waals surface area contributed by atoms with Crippen LogP contribution in [-0.2, 0) is 22.6 Å². The van der Waals surface area contributed by atoms with Gasteiger partial charge in [-0.05, 0) is 42.0 Å². The number of hydrogen-bond donors (Lipinski definition) is 1. The molecule has 0 fully saturated rings. The Bertz CT molecular complexity index is 744. The highest BCUT2D eigenvalue weighted by Gasteiger charge is 2.10. The zero-order valence-electron chi connectivity index (χ0n) is 16.0. The Morgan fingerprint density at radius 1 is 1.19 bits per heavy atom. The van der Waals surface area contributed by atoms with Crippen LogP contribution in [0.5, 0.6) is 11.5 Å². The van der Waals surface area contributed by atoms with Crippen molar-refractivity contribution in [3.8, 4) is 11.5 Å². The number of carbonyl (C=O) groups is 2. The number of nitrogens with one attached hydrogen (secondary N) is 1. The lowest BCUT2D eigenvalue weighted by Gasteiger charge is -2.14. The number of aryl methyl sites for hydroxylation is 1. The molecule has 0 spiro atoms. The van der Waals surface area contributed by atoms with Crippen molar-refractivity contribution in [3.63, 3.8) is 0 Å². The van der Waals surface area contributed by atoms with Gasteiger partial charge in [0.05, 0.1) is 7.11 Å². The SMILES string of the molecule is COc1cc(CNC(=O)CCCc2cccs2)ccc1OCC(=O)N(C)C. The number of benzene rings is 1. The maximum absolute atomic E-state index is 12.0. The molecule has 1 aromatic carbocycles. The highest BCUT2D eigenvalue weighted by atomic mass is 32.1. The zero-order chi connectivity index (χ0) is 19.6. The summed E-state index contributed by atoms with van der Waals surface area (Å²) in [5.41, 5.74) is 0.907. The summed E-state index contributed by atoms with van der Waals surface area (Å²) in [6, 6.07) is 9.52. The molecule has 146 valence electrons. The molecule has 0 aliphatic carbocycles. The van der Waals surface area contributed by atoms with E-state index in [0.29, 0.717) is 24.5 Å². The van der Waals surface area contributed by atoms with Crippen LogP contribution < -0.4 is 14.8 Å². The van der Waals surface area contributed by atoms with Gasteiger partial charge in [0.2, 0.25) is 5.91 Å². The first kappa shape index (κ1) is 20.8. The maximum Gasteiger partial charge on any atom is 0.259 e. The molecular formula is C20H26N2O4S. The van der Waals surface area contributed by atoms with E-state index in [4.69, 9.17) is 9.47 Å². The number of carbonyl (C=O) groups excluding carboxylic acids is 2. The predicted octanol–water partition coefficient (Wildman–Crippen LogP) is 2.86. The number of rotatable bonds is 10. The van der Waals surface area contributed by atoms with Gasteiger partial charge in [-0.25, -0.2) is 0 Å². The van der Waals surface area contributed by atoms with Gasteiger partial charge in [0.1, 0.15) is 0 Å². The third-order valence-electron chi connectivity index (χ3n) is 3.97. The minimum absolute atomic E-state index is 0.0300. The van der Waals surface area contributed by atoms with Crippen LogP contribution in [0.25, 0.3) is 0 Å². The zero-order valence-corrected chi connectivity index (χ0v) is 16.8. The molecule has 0 aliphatic heterocycles. The second kappa shape index (κ2) is 10.6. The summed E-state index contributed by atoms with van der Waals surface area (Å²) < 4.78 is 10.8. The van der Waals surface area contributed by atoms with Crippen LogP contribution in [0.4, 0.5) is 0 Å². The number of nitrogens with zero attached hydrogens (tertiary/aromatic N) is 1. The smallest absolute Gasteiger partial charge is 0.259 e. The third kappa shape index (κ3) is 6.94. The number of ether oxygens (including phenoxy) is 2. The van der Waals surface area contributed by atoms with E-state index in [1.807, 2.05) is 17.5 Å². The number of methoxy groups -OCH3 is 1. The van der Waals surface area contributed by atoms with Crippen molar-refractivity contribution in [2.75, 3.05) is 27.8 Å². The molecule has 0 aliphatic rings. The van der Waals surface area contributed by atoms with Gasteiger partial charge in [-0.3, -0.25) is 9.59 Å². The van der Waals surface area contributed by atoms with Gasteiger partial charge in [0.25, 0.3) is 5.91 Å². The molecule has 1 heterocycles. The van der Waals surface area contributed by atoms with Crippen molar-refractivity contribution < 1.29 is 19.1 Å². The molecule has 0 saturated heterocycles. The van der Waals surface area contributed by atoms with Crippen LogP contribution in [0.2, 0.25) is 0 Å². The second-order valence-corrected chi connectivity index (χ2v) is 7.30. The number of hydrogen-bond acceptors (Lipinski definition) is 5. The summed E-state index contributed by atoms with van der Waals surface area (Å²) in [5, 5.41) is 4.97. The second-order valence-electron chi connectivity index (χ2n) is 6.27. The number of amides is 2. The molecule has 2 rings (SSSR count). The average molecular weight is 391 g/mol. The summed E-state index contributed by atoms with van der Waals surface area (Å²) in [7, 11) is 4.90. The minimum atomic E-state index is -0.129. The fourth-order valence-corrected chi connectivity index (χ4v) is 3.13. The van der Waals surface area contributed by atoms with E-state index in [2.05, 4.69) is 11.4 Å². The van der Waals surface area contributed by atoms with Crippen molar-refractivity contribution in [2.24, 2.45) is 0 Å². The Kier molecular flexibility index (Phi) is 8.13. The van der Waals surface area contributed by atoms with Crippen molar-refractivity contribution >= 4 is 23.2 Å². The summed E-state index contributed by atoms with van der Waals surface area (Å²) in [6.07, 6.45) is 2.27. The molecule has 0 atom stereocenters. The van der Waals surface area contributed by atoms with Crippen LogP contribution in [0.3, 0.4) is 0 Å². The first-order chi connectivity index (χ1) is 13.0. The Morgan fingerprint density at radius 2 is 2.00 bits per heavy atom. The minimum Gasteiger partial charge on any atom is -0.493 e. The molecule has 0 unspecified atom stereocenters. The average Bonchev–Trinajstić information content (AvgIpc) is 3.18. The fraction of sp³-hybridized carbons (Fsp3) is 0.400. The number of likely N-dealkylation sites (N-methyl/N-ethyl adjacent to an activating group) is 1. The molecule has 7 heteroatoms. The summed E-state index contributed by atoms with van der Waals surface area (Å²) >= 11 is 1.72. The molecular weight excluding hydrogens is 364 g/mol. The van der Waals surface area contributed by atoms with Crippen molar-refractivity contribution in [1.29, 1.82) is 0 Å². The topological polar surface area (TPSA) is 67.9 Å². The quantitative estimate of drug-likeness (QED) is 0.677. The lowest BCUT2D eigenvalue weighted by atomic mass is 10.2. The van der Waals surface area contributed by atoms with Crippen LogP contribution in [0.1, 0.15) is 23.3 Å². The van der Waals surface area contributed by atoms with Gasteiger partial charge in [-0.2, -0.15) is 0 Å². The lowest BCUT2D eigenvalue weighted by molar-refractivity contribution is -0.130. The largest absolute Gasteiger partial charge is 0.493 e. The molecule has 27 heavy (non-hydrogen) atoms. The van der Waals surface area contributed by atoms with Crippen molar-refractivity contribution in [3.05, 3.63) is 46.2 Å². The molecule has 6 nitrogen and oxygen atoms in total. The Hall–Kier alpha value is -2.54. The normalized spacial score (nSPS) is 10.3. The van der Waals surface area contributed by atoms with E-state index in [1.165, 1.54) is 9.78 Å². The highest BCUT2D eigenvalue weighted by Crippen LogP contribution is 2.28. The first-order valence-electron chi connectivity index (χ1n) is 8.78. The molecule has 0 radical (unpaired) electrons. The van der Waals surface area contributed by atoms with Gasteiger partial charge in [0.15, 0.2) is 18.1 Å². The molecule has 2 aromatic rings.